The normalized spacial score (nSPS) is 19.1. The molecule has 3 rings (SSSR count). The van der Waals surface area contributed by atoms with Crippen LogP contribution < -0.4 is 4.90 Å². The fourth-order valence-corrected chi connectivity index (χ4v) is 5.57. The predicted molar refractivity (Wildman–Crippen MR) is 102 cm³/mol. The molecule has 1 atom stereocenters. The summed E-state index contributed by atoms with van der Waals surface area (Å²) in [7, 11) is -3.65. The number of anilines is 1. The highest BCUT2D eigenvalue weighted by molar-refractivity contribution is 7.89. The Hall–Kier alpha value is -2.00. The van der Waals surface area contributed by atoms with Crippen molar-refractivity contribution in [3.05, 3.63) is 35.5 Å². The molecular formula is C18H26FN5O2S. The fourth-order valence-electron chi connectivity index (χ4n) is 3.69. The summed E-state index contributed by atoms with van der Waals surface area (Å²) in [5.41, 5.74) is 1.17. The first kappa shape index (κ1) is 19.8. The second-order valence-electron chi connectivity index (χ2n) is 7.26. The molecule has 1 unspecified atom stereocenters. The summed E-state index contributed by atoms with van der Waals surface area (Å²) in [6.07, 6.45) is 0. The Bertz CT molecular complexity index is 941. The van der Waals surface area contributed by atoms with Crippen LogP contribution in [0.4, 0.5) is 10.2 Å². The van der Waals surface area contributed by atoms with Crippen molar-refractivity contribution in [2.24, 2.45) is 0 Å². The van der Waals surface area contributed by atoms with Crippen LogP contribution in [0.1, 0.15) is 38.2 Å². The lowest BCUT2D eigenvalue weighted by atomic mass is 10.2. The molecule has 0 saturated carbocycles. The van der Waals surface area contributed by atoms with Crippen molar-refractivity contribution < 1.29 is 12.8 Å². The van der Waals surface area contributed by atoms with Gasteiger partial charge in [-0.15, -0.1) is 0 Å². The molecule has 27 heavy (non-hydrogen) atoms. The molecule has 0 bridgehead atoms. The number of sulfonamides is 1. The Labute approximate surface area is 159 Å². The number of halogens is 1. The first-order valence-electron chi connectivity index (χ1n) is 9.08. The Balaban J connectivity index is 1.86. The van der Waals surface area contributed by atoms with E-state index in [0.717, 1.165) is 0 Å². The van der Waals surface area contributed by atoms with Crippen LogP contribution in [-0.2, 0) is 10.0 Å². The summed E-state index contributed by atoms with van der Waals surface area (Å²) in [6.45, 7) is 10.5. The summed E-state index contributed by atoms with van der Waals surface area (Å²) in [6, 6.07) is 4.61. The summed E-state index contributed by atoms with van der Waals surface area (Å²) in [4.78, 5) is 6.15. The van der Waals surface area contributed by atoms with E-state index in [-0.39, 0.29) is 12.1 Å². The van der Waals surface area contributed by atoms with Crippen LogP contribution in [0.3, 0.4) is 0 Å². The molecule has 148 valence electrons. The van der Waals surface area contributed by atoms with Gasteiger partial charge in [-0.1, -0.05) is 6.07 Å². The highest BCUT2D eigenvalue weighted by Crippen LogP contribution is 2.28. The third-order valence-corrected chi connectivity index (χ3v) is 7.05. The quantitative estimate of drug-likeness (QED) is 0.744. The van der Waals surface area contributed by atoms with Gasteiger partial charge >= 0.3 is 0 Å². The third-order valence-electron chi connectivity index (χ3n) is 4.93. The molecule has 1 aliphatic rings. The van der Waals surface area contributed by atoms with E-state index in [4.69, 9.17) is 0 Å². The number of aromatic nitrogens is 3. The Morgan fingerprint density at radius 2 is 1.93 bits per heavy atom. The van der Waals surface area contributed by atoms with Crippen molar-refractivity contribution in [1.82, 2.24) is 19.1 Å². The van der Waals surface area contributed by atoms with Gasteiger partial charge in [0.2, 0.25) is 16.0 Å². The first-order chi connectivity index (χ1) is 12.6. The van der Waals surface area contributed by atoms with E-state index in [1.165, 1.54) is 10.4 Å². The van der Waals surface area contributed by atoms with Crippen molar-refractivity contribution in [2.45, 2.75) is 51.6 Å². The van der Waals surface area contributed by atoms with Crippen LogP contribution in [-0.4, -0.2) is 53.2 Å². The molecule has 0 radical (unpaired) electrons. The van der Waals surface area contributed by atoms with Crippen LogP contribution >= 0.6 is 0 Å². The molecule has 1 fully saturated rings. The minimum absolute atomic E-state index is 0.0856. The predicted octanol–water partition coefficient (Wildman–Crippen LogP) is 2.51. The van der Waals surface area contributed by atoms with E-state index in [0.29, 0.717) is 41.7 Å². The Morgan fingerprint density at radius 1 is 1.22 bits per heavy atom. The molecule has 9 heteroatoms. The number of hydrogen-bond acceptors (Lipinski definition) is 5. The van der Waals surface area contributed by atoms with Gasteiger partial charge in [-0.2, -0.15) is 13.8 Å². The average molecular weight is 396 g/mol. The van der Waals surface area contributed by atoms with Gasteiger partial charge in [-0.05, 0) is 46.8 Å². The van der Waals surface area contributed by atoms with Crippen LogP contribution in [0.5, 0.6) is 0 Å². The monoisotopic (exact) mass is 395 g/mol. The molecular weight excluding hydrogens is 369 g/mol. The smallest absolute Gasteiger partial charge is 0.246 e. The number of aryl methyl sites for hydroxylation is 1. The maximum Gasteiger partial charge on any atom is 0.246 e. The molecule has 2 aromatic heterocycles. The van der Waals surface area contributed by atoms with Crippen molar-refractivity contribution in [3.8, 4) is 0 Å². The first-order valence-corrected chi connectivity index (χ1v) is 10.5. The van der Waals surface area contributed by atoms with E-state index in [9.17, 15) is 12.8 Å². The van der Waals surface area contributed by atoms with Gasteiger partial charge in [-0.25, -0.2) is 13.4 Å². The standard InChI is InChI=1S/C18H26FN5O2S/c1-12(2)24-15(5)18(14(4)21-24)27(25,26)22-9-10-23(13(3)11-22)17-8-6-7-16(19)20-17/h6-8,12-13H,9-11H2,1-5H3. The summed E-state index contributed by atoms with van der Waals surface area (Å²) in [5.74, 6) is -0.0124. The average Bonchev–Trinajstić information content (AvgIpc) is 2.90. The molecule has 0 aliphatic carbocycles. The Morgan fingerprint density at radius 3 is 2.48 bits per heavy atom. The molecule has 0 N–H and O–H groups in total. The second kappa shape index (κ2) is 7.20. The van der Waals surface area contributed by atoms with E-state index in [1.54, 1.807) is 30.7 Å². The van der Waals surface area contributed by atoms with Crippen molar-refractivity contribution in [3.63, 3.8) is 0 Å². The van der Waals surface area contributed by atoms with Crippen LogP contribution in [0.25, 0.3) is 0 Å². The maximum absolute atomic E-state index is 13.4. The number of hydrogen-bond donors (Lipinski definition) is 0. The minimum atomic E-state index is -3.65. The van der Waals surface area contributed by atoms with E-state index in [2.05, 4.69) is 10.1 Å². The largest absolute Gasteiger partial charge is 0.351 e. The van der Waals surface area contributed by atoms with Crippen molar-refractivity contribution >= 4 is 15.8 Å². The van der Waals surface area contributed by atoms with Gasteiger partial charge in [0.15, 0.2) is 0 Å². The van der Waals surface area contributed by atoms with Crippen molar-refractivity contribution in [2.75, 3.05) is 24.5 Å². The molecule has 1 aliphatic heterocycles. The number of pyridine rings is 1. The number of rotatable bonds is 4. The van der Waals surface area contributed by atoms with Gasteiger partial charge in [0.25, 0.3) is 0 Å². The summed E-state index contributed by atoms with van der Waals surface area (Å²) >= 11 is 0. The number of piperazine rings is 1. The van der Waals surface area contributed by atoms with E-state index >= 15 is 0 Å². The lowest BCUT2D eigenvalue weighted by molar-refractivity contribution is 0.340. The van der Waals surface area contributed by atoms with Gasteiger partial charge in [-0.3, -0.25) is 4.68 Å². The minimum Gasteiger partial charge on any atom is -0.351 e. The fraction of sp³-hybridized carbons (Fsp3) is 0.556. The highest BCUT2D eigenvalue weighted by Gasteiger charge is 2.36. The summed E-state index contributed by atoms with van der Waals surface area (Å²) in [5, 5.41) is 4.41. The Kier molecular flexibility index (Phi) is 5.27. The van der Waals surface area contributed by atoms with Crippen LogP contribution in [0.15, 0.2) is 23.1 Å². The second-order valence-corrected chi connectivity index (χ2v) is 9.14. The topological polar surface area (TPSA) is 71.3 Å². The molecule has 1 saturated heterocycles. The van der Waals surface area contributed by atoms with Crippen molar-refractivity contribution in [1.29, 1.82) is 0 Å². The summed E-state index contributed by atoms with van der Waals surface area (Å²) < 4.78 is 43.3. The van der Waals surface area contributed by atoms with Gasteiger partial charge in [0.1, 0.15) is 10.7 Å². The third kappa shape index (κ3) is 3.58. The van der Waals surface area contributed by atoms with E-state index < -0.39 is 16.0 Å². The SMILES string of the molecule is Cc1nn(C(C)C)c(C)c1S(=O)(=O)N1CCN(c2cccc(F)n2)C(C)C1. The molecule has 2 aromatic rings. The van der Waals surface area contributed by atoms with Crippen LogP contribution in [0, 0.1) is 19.8 Å². The highest BCUT2D eigenvalue weighted by atomic mass is 32.2. The van der Waals surface area contributed by atoms with Crippen LogP contribution in [0.2, 0.25) is 0 Å². The molecule has 0 spiro atoms. The zero-order valence-corrected chi connectivity index (χ0v) is 17.2. The van der Waals surface area contributed by atoms with Gasteiger partial charge in [0, 0.05) is 31.7 Å². The maximum atomic E-state index is 13.4. The van der Waals surface area contributed by atoms with Gasteiger partial charge < -0.3 is 4.90 Å². The molecule has 7 nitrogen and oxygen atoms in total. The lowest BCUT2D eigenvalue weighted by Gasteiger charge is -2.39. The molecule has 0 amide bonds. The zero-order valence-electron chi connectivity index (χ0n) is 16.3. The van der Waals surface area contributed by atoms with Gasteiger partial charge in [0.05, 0.1) is 11.4 Å². The number of nitrogens with zero attached hydrogens (tertiary/aromatic N) is 5. The molecule has 0 aromatic carbocycles. The zero-order chi connectivity index (χ0) is 19.9. The molecule has 3 heterocycles. The lowest BCUT2D eigenvalue weighted by Crippen LogP contribution is -2.54. The van der Waals surface area contributed by atoms with E-state index in [1.807, 2.05) is 25.7 Å².